The lowest BCUT2D eigenvalue weighted by Gasteiger charge is -2.35. The topological polar surface area (TPSA) is 37.4 Å². The monoisotopic (exact) mass is 249 g/mol. The van der Waals surface area contributed by atoms with Crippen molar-refractivity contribution in [2.24, 2.45) is 0 Å². The Kier molecular flexibility index (Phi) is 5.11. The Hall–Kier alpha value is -0.970. The molecule has 2 heterocycles. The van der Waals surface area contributed by atoms with Crippen molar-refractivity contribution in [2.45, 2.75) is 25.5 Å². The first kappa shape index (κ1) is 13.5. The van der Waals surface area contributed by atoms with Gasteiger partial charge in [0.15, 0.2) is 0 Å². The summed E-state index contributed by atoms with van der Waals surface area (Å²) in [4.78, 5) is 6.51. The average Bonchev–Trinajstić information content (AvgIpc) is 2.39. The van der Waals surface area contributed by atoms with Gasteiger partial charge in [0.2, 0.25) is 0 Å². The molecule has 1 aromatic heterocycles. The molecular formula is C14H23N3O. The van der Waals surface area contributed by atoms with E-state index in [2.05, 4.69) is 35.2 Å². The molecule has 1 saturated heterocycles. The van der Waals surface area contributed by atoms with Gasteiger partial charge in [-0.1, -0.05) is 13.0 Å². The predicted molar refractivity (Wildman–Crippen MR) is 72.6 cm³/mol. The minimum absolute atomic E-state index is 0.268. The van der Waals surface area contributed by atoms with E-state index in [0.29, 0.717) is 6.04 Å². The Labute approximate surface area is 109 Å². The molecule has 2 atom stereocenters. The van der Waals surface area contributed by atoms with Gasteiger partial charge in [-0.05, 0) is 31.6 Å². The van der Waals surface area contributed by atoms with Gasteiger partial charge >= 0.3 is 0 Å². The first-order chi connectivity index (χ1) is 8.79. The molecule has 0 saturated carbocycles. The maximum Gasteiger partial charge on any atom is 0.0858 e. The zero-order valence-electron chi connectivity index (χ0n) is 11.3. The number of ether oxygens (including phenoxy) is 1. The second-order valence-corrected chi connectivity index (χ2v) is 4.90. The number of aromatic nitrogens is 1. The van der Waals surface area contributed by atoms with Crippen molar-refractivity contribution < 1.29 is 4.74 Å². The lowest BCUT2D eigenvalue weighted by Crippen LogP contribution is -2.52. The Bertz CT molecular complexity index is 344. The van der Waals surface area contributed by atoms with Crippen molar-refractivity contribution in [1.29, 1.82) is 0 Å². The summed E-state index contributed by atoms with van der Waals surface area (Å²) in [5, 5.41) is 3.54. The highest BCUT2D eigenvalue weighted by Gasteiger charge is 2.26. The van der Waals surface area contributed by atoms with E-state index in [9.17, 15) is 0 Å². The van der Waals surface area contributed by atoms with Crippen molar-refractivity contribution in [1.82, 2.24) is 15.2 Å². The number of likely N-dealkylation sites (N-methyl/N-ethyl adjacent to an activating group) is 2. The highest BCUT2D eigenvalue weighted by atomic mass is 16.5. The smallest absolute Gasteiger partial charge is 0.0858 e. The van der Waals surface area contributed by atoms with Gasteiger partial charge < -0.3 is 15.0 Å². The Balaban J connectivity index is 1.98. The molecule has 2 rings (SSSR count). The van der Waals surface area contributed by atoms with Crippen LogP contribution in [-0.4, -0.2) is 55.3 Å². The molecule has 100 valence electrons. The van der Waals surface area contributed by atoms with Crippen LogP contribution in [0.2, 0.25) is 0 Å². The predicted octanol–water partition coefficient (Wildman–Crippen LogP) is 0.933. The summed E-state index contributed by atoms with van der Waals surface area (Å²) >= 11 is 0. The third-order valence-electron chi connectivity index (χ3n) is 3.39. The van der Waals surface area contributed by atoms with Crippen molar-refractivity contribution in [2.75, 3.05) is 33.3 Å². The van der Waals surface area contributed by atoms with Gasteiger partial charge in [0.25, 0.3) is 0 Å². The SMILES string of the molecule is CCNC(Cc1cccnc1)C1CN(C)CCO1. The van der Waals surface area contributed by atoms with Crippen molar-refractivity contribution >= 4 is 0 Å². The molecule has 4 heteroatoms. The van der Waals surface area contributed by atoms with E-state index in [0.717, 1.165) is 32.7 Å². The Morgan fingerprint density at radius 1 is 1.61 bits per heavy atom. The highest BCUT2D eigenvalue weighted by molar-refractivity contribution is 5.11. The van der Waals surface area contributed by atoms with E-state index in [1.165, 1.54) is 5.56 Å². The molecule has 0 bridgehead atoms. The standard InChI is InChI=1S/C14H23N3O/c1-3-16-13(9-12-5-4-6-15-10-12)14-11-17(2)7-8-18-14/h4-6,10,13-14,16H,3,7-9,11H2,1-2H3. The molecule has 18 heavy (non-hydrogen) atoms. The van der Waals surface area contributed by atoms with Crippen LogP contribution in [0.4, 0.5) is 0 Å². The average molecular weight is 249 g/mol. The van der Waals surface area contributed by atoms with Crippen LogP contribution in [0.15, 0.2) is 24.5 Å². The number of pyridine rings is 1. The molecule has 0 aliphatic carbocycles. The van der Waals surface area contributed by atoms with E-state index in [1.807, 2.05) is 18.5 Å². The number of morpholine rings is 1. The van der Waals surface area contributed by atoms with Gasteiger partial charge in [0.05, 0.1) is 12.7 Å². The van der Waals surface area contributed by atoms with Crippen molar-refractivity contribution in [3.8, 4) is 0 Å². The summed E-state index contributed by atoms with van der Waals surface area (Å²) < 4.78 is 5.91. The first-order valence-electron chi connectivity index (χ1n) is 6.72. The zero-order valence-corrected chi connectivity index (χ0v) is 11.3. The van der Waals surface area contributed by atoms with Crippen LogP contribution in [0.3, 0.4) is 0 Å². The van der Waals surface area contributed by atoms with Crippen molar-refractivity contribution in [3.05, 3.63) is 30.1 Å². The minimum atomic E-state index is 0.268. The molecule has 0 amide bonds. The molecule has 1 aliphatic rings. The van der Waals surface area contributed by atoms with Crippen LogP contribution in [-0.2, 0) is 11.2 Å². The van der Waals surface area contributed by atoms with E-state index in [4.69, 9.17) is 4.74 Å². The molecule has 1 aliphatic heterocycles. The third kappa shape index (κ3) is 3.77. The fourth-order valence-corrected chi connectivity index (χ4v) is 2.42. The summed E-state index contributed by atoms with van der Waals surface area (Å²) in [6.07, 6.45) is 5.00. The summed E-state index contributed by atoms with van der Waals surface area (Å²) in [7, 11) is 2.16. The maximum atomic E-state index is 5.91. The first-order valence-corrected chi connectivity index (χ1v) is 6.72. The molecule has 1 aromatic rings. The Morgan fingerprint density at radius 3 is 3.17 bits per heavy atom. The van der Waals surface area contributed by atoms with Crippen LogP contribution in [0.5, 0.6) is 0 Å². The van der Waals surface area contributed by atoms with Gasteiger partial charge in [-0.25, -0.2) is 0 Å². The largest absolute Gasteiger partial charge is 0.374 e. The number of hydrogen-bond acceptors (Lipinski definition) is 4. The molecule has 0 aromatic carbocycles. The lowest BCUT2D eigenvalue weighted by atomic mass is 10.0. The summed E-state index contributed by atoms with van der Waals surface area (Å²) in [5.41, 5.74) is 1.26. The van der Waals surface area contributed by atoms with E-state index in [1.54, 1.807) is 0 Å². The normalized spacial score (nSPS) is 22.9. The van der Waals surface area contributed by atoms with Crippen LogP contribution >= 0.6 is 0 Å². The van der Waals surface area contributed by atoms with Gasteiger partial charge in [-0.3, -0.25) is 4.98 Å². The van der Waals surface area contributed by atoms with E-state index >= 15 is 0 Å². The minimum Gasteiger partial charge on any atom is -0.374 e. The van der Waals surface area contributed by atoms with Crippen molar-refractivity contribution in [3.63, 3.8) is 0 Å². The van der Waals surface area contributed by atoms with Gasteiger partial charge in [-0.15, -0.1) is 0 Å². The van der Waals surface area contributed by atoms with Gasteiger partial charge in [-0.2, -0.15) is 0 Å². The third-order valence-corrected chi connectivity index (χ3v) is 3.39. The van der Waals surface area contributed by atoms with Gasteiger partial charge in [0.1, 0.15) is 0 Å². The number of hydrogen-bond donors (Lipinski definition) is 1. The maximum absolute atomic E-state index is 5.91. The molecule has 1 N–H and O–H groups in total. The Morgan fingerprint density at radius 2 is 2.50 bits per heavy atom. The fraction of sp³-hybridized carbons (Fsp3) is 0.643. The second-order valence-electron chi connectivity index (χ2n) is 4.90. The van der Waals surface area contributed by atoms with Crippen LogP contribution in [0.1, 0.15) is 12.5 Å². The second kappa shape index (κ2) is 6.83. The number of nitrogens with zero attached hydrogens (tertiary/aromatic N) is 2. The molecule has 1 fully saturated rings. The van der Waals surface area contributed by atoms with Gasteiger partial charge in [0, 0.05) is 31.5 Å². The molecule has 0 spiro atoms. The molecular weight excluding hydrogens is 226 g/mol. The fourth-order valence-electron chi connectivity index (χ4n) is 2.42. The quantitative estimate of drug-likeness (QED) is 0.842. The van der Waals surface area contributed by atoms with Crippen LogP contribution in [0, 0.1) is 0 Å². The summed E-state index contributed by atoms with van der Waals surface area (Å²) in [6.45, 7) is 5.97. The van der Waals surface area contributed by atoms with Crippen LogP contribution < -0.4 is 5.32 Å². The highest BCUT2D eigenvalue weighted by Crippen LogP contribution is 2.12. The lowest BCUT2D eigenvalue weighted by molar-refractivity contribution is -0.0381. The summed E-state index contributed by atoms with van der Waals surface area (Å²) in [6, 6.07) is 4.48. The zero-order chi connectivity index (χ0) is 12.8. The molecule has 0 radical (unpaired) electrons. The number of rotatable bonds is 5. The van der Waals surface area contributed by atoms with Crippen LogP contribution in [0.25, 0.3) is 0 Å². The number of nitrogens with one attached hydrogen (secondary N) is 1. The molecule has 2 unspecified atom stereocenters. The summed E-state index contributed by atoms with van der Waals surface area (Å²) in [5.74, 6) is 0. The van der Waals surface area contributed by atoms with E-state index < -0.39 is 0 Å². The van der Waals surface area contributed by atoms with E-state index in [-0.39, 0.29) is 6.10 Å². The molecule has 4 nitrogen and oxygen atoms in total.